The van der Waals surface area contributed by atoms with Crippen molar-refractivity contribution in [3.63, 3.8) is 0 Å². The Labute approximate surface area is 115 Å². The van der Waals surface area contributed by atoms with Crippen LogP contribution in [0.25, 0.3) is 0 Å². The summed E-state index contributed by atoms with van der Waals surface area (Å²) in [5.41, 5.74) is 1.02. The van der Waals surface area contributed by atoms with Gasteiger partial charge in [-0.05, 0) is 13.8 Å². The molecule has 1 aromatic rings. The monoisotopic (exact) mass is 267 g/mol. The van der Waals surface area contributed by atoms with Crippen LogP contribution >= 0.6 is 0 Å². The van der Waals surface area contributed by atoms with E-state index in [4.69, 9.17) is 9.47 Å². The summed E-state index contributed by atoms with van der Waals surface area (Å²) in [5.74, 6) is 0.796. The number of hydrogen-bond donors (Lipinski definition) is 1. The Kier molecular flexibility index (Phi) is 6.18. The molecular weight excluding hydrogens is 242 g/mol. The summed E-state index contributed by atoms with van der Waals surface area (Å²) in [6.07, 6.45) is 1.34. The average molecular weight is 267 g/mol. The third kappa shape index (κ3) is 5.53. The molecule has 0 aromatic carbocycles. The molecule has 0 aliphatic heterocycles. The van der Waals surface area contributed by atoms with Gasteiger partial charge in [0.2, 0.25) is 0 Å². The molecule has 1 heterocycles. The quantitative estimate of drug-likeness (QED) is 0.769. The van der Waals surface area contributed by atoms with Crippen LogP contribution in [-0.4, -0.2) is 36.0 Å². The highest BCUT2D eigenvalue weighted by Crippen LogP contribution is 2.21. The molecule has 108 valence electrons. The minimum absolute atomic E-state index is 0.0125. The predicted octanol–water partition coefficient (Wildman–Crippen LogP) is 2.59. The van der Waals surface area contributed by atoms with Crippen molar-refractivity contribution in [2.45, 2.75) is 46.3 Å². The molecule has 0 atom stereocenters. The first-order chi connectivity index (χ1) is 8.97. The highest BCUT2D eigenvalue weighted by atomic mass is 16.7. The van der Waals surface area contributed by atoms with Crippen LogP contribution in [0.4, 0.5) is 5.82 Å². The maximum atomic E-state index is 5.47. The van der Waals surface area contributed by atoms with E-state index in [1.807, 2.05) is 19.9 Å². The van der Waals surface area contributed by atoms with E-state index in [0.717, 1.165) is 11.5 Å². The van der Waals surface area contributed by atoms with Gasteiger partial charge in [0.15, 0.2) is 6.29 Å². The van der Waals surface area contributed by atoms with Gasteiger partial charge in [-0.2, -0.15) is 0 Å². The molecular formula is C14H25N3O2. The molecule has 1 aromatic heterocycles. The van der Waals surface area contributed by atoms with E-state index >= 15 is 0 Å². The number of nitrogens with one attached hydrogen (secondary N) is 1. The van der Waals surface area contributed by atoms with E-state index in [1.54, 1.807) is 6.33 Å². The van der Waals surface area contributed by atoms with Gasteiger partial charge in [-0.1, -0.05) is 20.8 Å². The number of hydrogen-bond acceptors (Lipinski definition) is 5. The molecule has 1 rings (SSSR count). The fraction of sp³-hybridized carbons (Fsp3) is 0.714. The molecule has 0 fully saturated rings. The Bertz CT molecular complexity index is 371. The lowest BCUT2D eigenvalue weighted by Gasteiger charge is -2.20. The third-order valence-corrected chi connectivity index (χ3v) is 2.59. The zero-order valence-corrected chi connectivity index (χ0v) is 12.6. The highest BCUT2D eigenvalue weighted by molar-refractivity contribution is 5.36. The normalized spacial score (nSPS) is 11.9. The van der Waals surface area contributed by atoms with Gasteiger partial charge in [-0.25, -0.2) is 9.97 Å². The smallest absolute Gasteiger partial charge is 0.174 e. The van der Waals surface area contributed by atoms with Crippen molar-refractivity contribution < 1.29 is 9.47 Å². The summed E-state index contributed by atoms with van der Waals surface area (Å²) in [4.78, 5) is 8.51. The van der Waals surface area contributed by atoms with Crippen LogP contribution in [-0.2, 0) is 14.9 Å². The Morgan fingerprint density at radius 1 is 1.16 bits per heavy atom. The lowest BCUT2D eigenvalue weighted by Crippen LogP contribution is -2.27. The van der Waals surface area contributed by atoms with Gasteiger partial charge in [-0.3, -0.25) is 0 Å². The zero-order valence-electron chi connectivity index (χ0n) is 12.6. The first-order valence-corrected chi connectivity index (χ1v) is 6.77. The van der Waals surface area contributed by atoms with Crippen LogP contribution in [0.3, 0.4) is 0 Å². The van der Waals surface area contributed by atoms with Crippen LogP contribution in [0.5, 0.6) is 0 Å². The van der Waals surface area contributed by atoms with E-state index in [1.165, 1.54) is 0 Å². The summed E-state index contributed by atoms with van der Waals surface area (Å²) < 4.78 is 10.9. The maximum Gasteiger partial charge on any atom is 0.174 e. The fourth-order valence-corrected chi connectivity index (χ4v) is 1.59. The first kappa shape index (κ1) is 15.9. The average Bonchev–Trinajstić information content (AvgIpc) is 2.36. The molecule has 0 saturated carbocycles. The van der Waals surface area contributed by atoms with Crippen LogP contribution < -0.4 is 5.32 Å². The summed E-state index contributed by atoms with van der Waals surface area (Å²) in [5, 5.41) is 3.23. The van der Waals surface area contributed by atoms with Gasteiger partial charge in [-0.15, -0.1) is 0 Å². The van der Waals surface area contributed by atoms with Gasteiger partial charge in [0.05, 0.1) is 12.2 Å². The second-order valence-corrected chi connectivity index (χ2v) is 5.26. The summed E-state index contributed by atoms with van der Waals surface area (Å²) in [6.45, 7) is 12.1. The summed E-state index contributed by atoms with van der Waals surface area (Å²) in [7, 11) is 0. The predicted molar refractivity (Wildman–Crippen MR) is 76.3 cm³/mol. The largest absolute Gasteiger partial charge is 0.365 e. The van der Waals surface area contributed by atoms with Crippen molar-refractivity contribution >= 4 is 5.82 Å². The molecule has 0 radical (unpaired) electrons. The maximum absolute atomic E-state index is 5.47. The third-order valence-electron chi connectivity index (χ3n) is 2.59. The van der Waals surface area contributed by atoms with Crippen LogP contribution in [0.2, 0.25) is 0 Å². The number of aromatic nitrogens is 2. The lowest BCUT2D eigenvalue weighted by molar-refractivity contribution is -0.126. The molecule has 0 bridgehead atoms. The summed E-state index contributed by atoms with van der Waals surface area (Å²) in [6, 6.07) is 1.97. The fourth-order valence-electron chi connectivity index (χ4n) is 1.59. The molecule has 5 nitrogen and oxygen atoms in total. The van der Waals surface area contributed by atoms with Crippen LogP contribution in [0.15, 0.2) is 12.4 Å². The molecule has 0 saturated heterocycles. The van der Waals surface area contributed by atoms with Crippen LogP contribution in [0.1, 0.15) is 40.3 Å². The minimum atomic E-state index is -0.247. The Morgan fingerprint density at radius 3 is 2.32 bits per heavy atom. The molecule has 0 aliphatic rings. The zero-order chi connectivity index (χ0) is 14.3. The van der Waals surface area contributed by atoms with Crippen molar-refractivity contribution in [2.75, 3.05) is 25.1 Å². The second kappa shape index (κ2) is 7.40. The van der Waals surface area contributed by atoms with Gasteiger partial charge in [0.1, 0.15) is 12.1 Å². The van der Waals surface area contributed by atoms with Crippen molar-refractivity contribution in [1.82, 2.24) is 9.97 Å². The number of rotatable bonds is 7. The van der Waals surface area contributed by atoms with Crippen LogP contribution in [0, 0.1) is 0 Å². The van der Waals surface area contributed by atoms with Gasteiger partial charge >= 0.3 is 0 Å². The van der Waals surface area contributed by atoms with E-state index in [2.05, 4.69) is 36.1 Å². The Balaban J connectivity index is 2.61. The van der Waals surface area contributed by atoms with E-state index < -0.39 is 0 Å². The number of ether oxygens (including phenoxy) is 2. The number of anilines is 1. The molecule has 0 amide bonds. The molecule has 19 heavy (non-hydrogen) atoms. The molecule has 0 unspecified atom stereocenters. The van der Waals surface area contributed by atoms with E-state index in [9.17, 15) is 0 Å². The van der Waals surface area contributed by atoms with E-state index in [-0.39, 0.29) is 11.7 Å². The minimum Gasteiger partial charge on any atom is -0.365 e. The van der Waals surface area contributed by atoms with Gasteiger partial charge < -0.3 is 14.8 Å². The molecule has 0 spiro atoms. The Hall–Kier alpha value is -1.20. The molecule has 5 heteroatoms. The van der Waals surface area contributed by atoms with Crippen molar-refractivity contribution in [1.29, 1.82) is 0 Å². The first-order valence-electron chi connectivity index (χ1n) is 6.77. The summed E-state index contributed by atoms with van der Waals surface area (Å²) >= 11 is 0. The van der Waals surface area contributed by atoms with Gasteiger partial charge in [0.25, 0.3) is 0 Å². The highest BCUT2D eigenvalue weighted by Gasteiger charge is 2.16. The molecule has 0 aliphatic carbocycles. The standard InChI is InChI=1S/C14H25N3O2/c1-6-18-13(19-7-2)9-15-12-8-11(14(3,4)5)16-10-17-12/h8,10,13H,6-7,9H2,1-5H3,(H,15,16,17). The molecule has 1 N–H and O–H groups in total. The van der Waals surface area contributed by atoms with Crippen molar-refractivity contribution in [3.05, 3.63) is 18.1 Å². The van der Waals surface area contributed by atoms with Gasteiger partial charge in [0, 0.05) is 24.7 Å². The van der Waals surface area contributed by atoms with Crippen molar-refractivity contribution in [2.24, 2.45) is 0 Å². The number of nitrogens with zero attached hydrogens (tertiary/aromatic N) is 2. The van der Waals surface area contributed by atoms with E-state index in [0.29, 0.717) is 19.8 Å². The lowest BCUT2D eigenvalue weighted by atomic mass is 9.92. The topological polar surface area (TPSA) is 56.3 Å². The second-order valence-electron chi connectivity index (χ2n) is 5.26. The Morgan fingerprint density at radius 2 is 1.79 bits per heavy atom. The van der Waals surface area contributed by atoms with Crippen molar-refractivity contribution in [3.8, 4) is 0 Å². The SMILES string of the molecule is CCOC(CNc1cc(C(C)(C)C)ncn1)OCC.